The number of nitrogens with zero attached hydrogens (tertiary/aromatic N) is 5. The van der Waals surface area contributed by atoms with Crippen molar-refractivity contribution in [2.45, 2.75) is 83.5 Å². The van der Waals surface area contributed by atoms with Crippen LogP contribution in [0.25, 0.3) is 22.2 Å². The van der Waals surface area contributed by atoms with Gasteiger partial charge >= 0.3 is 6.18 Å². The molecular formula is C29H36F3N7. The summed E-state index contributed by atoms with van der Waals surface area (Å²) in [4.78, 5) is 4.04. The van der Waals surface area contributed by atoms with E-state index in [0.717, 1.165) is 55.1 Å². The minimum absolute atomic E-state index is 0.0704. The number of nitrogens with one attached hydrogen (secondary N) is 2. The smallest absolute Gasteiger partial charge is 0.320 e. The molecule has 3 heterocycles. The van der Waals surface area contributed by atoms with Gasteiger partial charge < -0.3 is 9.88 Å². The van der Waals surface area contributed by atoms with Gasteiger partial charge in [0, 0.05) is 36.0 Å². The number of hydrogen-bond acceptors (Lipinski definition) is 5. The molecular weight excluding hydrogens is 503 g/mol. The number of H-pyrrole nitrogens is 1. The molecule has 2 N–H and O–H groups in total. The van der Waals surface area contributed by atoms with E-state index >= 15 is 0 Å². The van der Waals surface area contributed by atoms with Crippen molar-refractivity contribution in [2.24, 2.45) is 13.0 Å². The molecule has 2 atom stereocenters. The van der Waals surface area contributed by atoms with Gasteiger partial charge in [-0.25, -0.2) is 4.98 Å². The van der Waals surface area contributed by atoms with Crippen LogP contribution in [0.1, 0.15) is 94.0 Å². The van der Waals surface area contributed by atoms with Crippen molar-refractivity contribution in [1.82, 2.24) is 35.3 Å². The SMILES string of the molecule is CC.CC(NC1CCC1)c1nc(C(F)(F)F)cc2c(-c3cccc(C(c4nncn4C)C4CCC4)c3)n[nH]c12. The second-order valence-electron chi connectivity index (χ2n) is 10.5. The topological polar surface area (TPSA) is 84.3 Å². The summed E-state index contributed by atoms with van der Waals surface area (Å²) >= 11 is 0. The van der Waals surface area contributed by atoms with Gasteiger partial charge in [-0.1, -0.05) is 44.9 Å². The predicted molar refractivity (Wildman–Crippen MR) is 145 cm³/mol. The molecule has 208 valence electrons. The zero-order valence-corrected chi connectivity index (χ0v) is 22.9. The maximum absolute atomic E-state index is 13.9. The fourth-order valence-electron chi connectivity index (χ4n) is 5.59. The van der Waals surface area contributed by atoms with Crippen molar-refractivity contribution in [2.75, 3.05) is 0 Å². The Morgan fingerprint density at radius 3 is 2.41 bits per heavy atom. The van der Waals surface area contributed by atoms with E-state index in [2.05, 4.69) is 36.8 Å². The largest absolute Gasteiger partial charge is 0.433 e. The van der Waals surface area contributed by atoms with Crippen molar-refractivity contribution >= 4 is 10.9 Å². The molecule has 6 rings (SSSR count). The lowest BCUT2D eigenvalue weighted by molar-refractivity contribution is -0.141. The highest BCUT2D eigenvalue weighted by Crippen LogP contribution is 2.44. The standard InChI is InChI=1S/C27H30F3N7.C2H6/c1-15(32-19-10-5-11-19)23-25-20(13-21(33-23)27(28,29)30)24(34-35-25)18-9-4-8-17(12-18)22(16-6-3-7-16)26-36-31-14-37(26)2;1-2/h4,8-9,12-16,19,22,32H,3,5-7,10-11H2,1-2H3,(H,34,35);1-2H3. The second-order valence-corrected chi connectivity index (χ2v) is 10.5. The first-order valence-electron chi connectivity index (χ1n) is 14.0. The van der Waals surface area contributed by atoms with Crippen LogP contribution in [-0.4, -0.2) is 36.0 Å². The van der Waals surface area contributed by atoms with Gasteiger partial charge in [-0.3, -0.25) is 5.10 Å². The Balaban J connectivity index is 0.00000151. The molecule has 0 bridgehead atoms. The Hall–Kier alpha value is -3.27. The van der Waals surface area contributed by atoms with E-state index in [9.17, 15) is 13.2 Å². The van der Waals surface area contributed by atoms with Crippen LogP contribution in [0.15, 0.2) is 36.7 Å². The normalized spacial score (nSPS) is 17.7. The van der Waals surface area contributed by atoms with Crippen LogP contribution in [-0.2, 0) is 13.2 Å². The molecule has 0 saturated heterocycles. The van der Waals surface area contributed by atoms with E-state index in [1.54, 1.807) is 6.33 Å². The Bertz CT molecular complexity index is 1420. The van der Waals surface area contributed by atoms with Gasteiger partial charge in [0.1, 0.15) is 23.5 Å². The lowest BCUT2D eigenvalue weighted by atomic mass is 9.72. The average Bonchev–Trinajstić information content (AvgIpc) is 3.49. The third-order valence-corrected chi connectivity index (χ3v) is 8.04. The Morgan fingerprint density at radius 2 is 1.82 bits per heavy atom. The number of halogens is 3. The van der Waals surface area contributed by atoms with E-state index in [1.807, 2.05) is 50.6 Å². The number of hydrogen-bond donors (Lipinski definition) is 2. The van der Waals surface area contributed by atoms with Crippen LogP contribution < -0.4 is 5.32 Å². The second kappa shape index (κ2) is 11.1. The number of benzene rings is 1. The summed E-state index contributed by atoms with van der Waals surface area (Å²) in [6, 6.07) is 9.04. The molecule has 2 saturated carbocycles. The third kappa shape index (κ3) is 5.31. The number of alkyl halides is 3. The summed E-state index contributed by atoms with van der Waals surface area (Å²) in [5, 5.41) is 19.9. The van der Waals surface area contributed by atoms with E-state index in [1.165, 1.54) is 6.42 Å². The van der Waals surface area contributed by atoms with Gasteiger partial charge in [0.2, 0.25) is 0 Å². The van der Waals surface area contributed by atoms with Crippen molar-refractivity contribution in [1.29, 1.82) is 0 Å². The van der Waals surface area contributed by atoms with Crippen molar-refractivity contribution in [3.8, 4) is 11.3 Å². The number of rotatable bonds is 7. The first kappa shape index (κ1) is 27.3. The average molecular weight is 540 g/mol. The Kier molecular flexibility index (Phi) is 7.75. The van der Waals surface area contributed by atoms with Crippen LogP contribution in [0.4, 0.5) is 13.2 Å². The minimum Gasteiger partial charge on any atom is -0.320 e. The zero-order valence-electron chi connectivity index (χ0n) is 22.9. The highest BCUT2D eigenvalue weighted by atomic mass is 19.4. The number of pyridine rings is 1. The van der Waals surface area contributed by atoms with E-state index in [0.29, 0.717) is 34.3 Å². The van der Waals surface area contributed by atoms with Crippen LogP contribution in [0.3, 0.4) is 0 Å². The molecule has 2 fully saturated rings. The first-order valence-corrected chi connectivity index (χ1v) is 14.0. The molecule has 1 aromatic carbocycles. The molecule has 0 aliphatic heterocycles. The Labute approximate surface area is 226 Å². The Morgan fingerprint density at radius 1 is 1.08 bits per heavy atom. The molecule has 2 aliphatic carbocycles. The number of aromatic nitrogens is 6. The maximum Gasteiger partial charge on any atom is 0.433 e. The molecule has 0 spiro atoms. The van der Waals surface area contributed by atoms with Crippen LogP contribution in [0.2, 0.25) is 0 Å². The summed E-state index contributed by atoms with van der Waals surface area (Å²) < 4.78 is 43.7. The third-order valence-electron chi connectivity index (χ3n) is 8.04. The molecule has 7 nitrogen and oxygen atoms in total. The lowest BCUT2D eigenvalue weighted by Crippen LogP contribution is -2.37. The molecule has 4 aromatic rings. The van der Waals surface area contributed by atoms with E-state index in [-0.39, 0.29) is 12.0 Å². The number of fused-ring (bicyclic) bond motifs is 1. The molecule has 39 heavy (non-hydrogen) atoms. The van der Waals surface area contributed by atoms with Gasteiger partial charge in [0.25, 0.3) is 0 Å². The molecule has 2 aliphatic rings. The van der Waals surface area contributed by atoms with Crippen molar-refractivity contribution in [3.63, 3.8) is 0 Å². The highest BCUT2D eigenvalue weighted by molar-refractivity contribution is 5.94. The predicted octanol–water partition coefficient (Wildman–Crippen LogP) is 6.93. The summed E-state index contributed by atoms with van der Waals surface area (Å²) in [6.07, 6.45) is 3.75. The summed E-state index contributed by atoms with van der Waals surface area (Å²) in [5.41, 5.74) is 2.31. The van der Waals surface area contributed by atoms with Crippen LogP contribution in [0.5, 0.6) is 0 Å². The van der Waals surface area contributed by atoms with E-state index < -0.39 is 11.9 Å². The fraction of sp³-hybridized carbons (Fsp3) is 0.517. The highest BCUT2D eigenvalue weighted by Gasteiger charge is 2.36. The quantitative estimate of drug-likeness (QED) is 0.266. The van der Waals surface area contributed by atoms with Crippen LogP contribution in [0, 0.1) is 5.92 Å². The first-order chi connectivity index (χ1) is 18.8. The summed E-state index contributed by atoms with van der Waals surface area (Å²) in [6.45, 7) is 5.87. The molecule has 0 radical (unpaired) electrons. The van der Waals surface area contributed by atoms with Crippen molar-refractivity contribution in [3.05, 3.63) is 59.4 Å². The van der Waals surface area contributed by atoms with Gasteiger partial charge in [-0.05, 0) is 56.2 Å². The van der Waals surface area contributed by atoms with Gasteiger partial charge in [0.05, 0.1) is 11.2 Å². The van der Waals surface area contributed by atoms with Crippen molar-refractivity contribution < 1.29 is 13.2 Å². The zero-order chi connectivity index (χ0) is 27.7. The maximum atomic E-state index is 13.9. The molecule has 0 amide bonds. The van der Waals surface area contributed by atoms with E-state index in [4.69, 9.17) is 0 Å². The fourth-order valence-corrected chi connectivity index (χ4v) is 5.59. The van der Waals surface area contributed by atoms with Crippen LogP contribution >= 0.6 is 0 Å². The lowest BCUT2D eigenvalue weighted by Gasteiger charge is -2.33. The van der Waals surface area contributed by atoms with Gasteiger partial charge in [-0.15, -0.1) is 10.2 Å². The summed E-state index contributed by atoms with van der Waals surface area (Å²) in [5.74, 6) is 1.43. The number of aryl methyl sites for hydroxylation is 1. The minimum atomic E-state index is -4.56. The molecule has 10 heteroatoms. The molecule has 3 aromatic heterocycles. The monoisotopic (exact) mass is 539 g/mol. The number of aromatic amines is 1. The van der Waals surface area contributed by atoms with Gasteiger partial charge in [0.15, 0.2) is 0 Å². The molecule has 2 unspecified atom stereocenters. The summed E-state index contributed by atoms with van der Waals surface area (Å²) in [7, 11) is 1.94. The van der Waals surface area contributed by atoms with Gasteiger partial charge in [-0.2, -0.15) is 18.3 Å².